The van der Waals surface area contributed by atoms with Crippen molar-refractivity contribution in [1.29, 1.82) is 0 Å². The largest absolute Gasteiger partial charge is 0.492 e. The molecule has 0 unspecified atom stereocenters. The Bertz CT molecular complexity index is 1400. The van der Waals surface area contributed by atoms with E-state index in [9.17, 15) is 9.59 Å². The van der Waals surface area contributed by atoms with Crippen LogP contribution < -0.4 is 20.2 Å². The van der Waals surface area contributed by atoms with Gasteiger partial charge in [0.1, 0.15) is 11.3 Å². The normalized spacial score (nSPS) is 10.8. The molecule has 0 fully saturated rings. The van der Waals surface area contributed by atoms with Crippen LogP contribution in [0.3, 0.4) is 0 Å². The maximum absolute atomic E-state index is 13.5. The quantitative estimate of drug-likeness (QED) is 0.379. The molecule has 174 valence electrons. The number of ether oxygens (including phenoxy) is 2. The number of hydrogen-bond acceptors (Lipinski definition) is 5. The van der Waals surface area contributed by atoms with E-state index in [2.05, 4.69) is 5.32 Å². The van der Waals surface area contributed by atoms with E-state index in [0.717, 1.165) is 16.7 Å². The van der Waals surface area contributed by atoms with E-state index >= 15 is 0 Å². The molecule has 1 amide bonds. The van der Waals surface area contributed by atoms with Crippen LogP contribution in [-0.4, -0.2) is 19.1 Å². The van der Waals surface area contributed by atoms with Crippen LogP contribution in [0, 0.1) is 20.8 Å². The van der Waals surface area contributed by atoms with Gasteiger partial charge in [-0.25, -0.2) is 0 Å². The molecule has 4 rings (SSSR count). The van der Waals surface area contributed by atoms with Crippen molar-refractivity contribution in [2.24, 2.45) is 0 Å². The Labute approximate surface area is 198 Å². The van der Waals surface area contributed by atoms with Crippen LogP contribution in [0.2, 0.25) is 0 Å². The molecule has 0 aliphatic rings. The van der Waals surface area contributed by atoms with E-state index in [1.165, 1.54) is 0 Å². The second-order valence-corrected chi connectivity index (χ2v) is 8.18. The zero-order valence-electron chi connectivity index (χ0n) is 19.7. The van der Waals surface area contributed by atoms with Crippen LogP contribution in [-0.2, 0) is 4.79 Å². The van der Waals surface area contributed by atoms with Crippen molar-refractivity contribution < 1.29 is 18.7 Å². The van der Waals surface area contributed by atoms with E-state index < -0.39 is 5.91 Å². The molecule has 1 aromatic heterocycles. The zero-order valence-corrected chi connectivity index (χ0v) is 19.7. The van der Waals surface area contributed by atoms with Gasteiger partial charge in [0.15, 0.2) is 12.4 Å². The van der Waals surface area contributed by atoms with Crippen molar-refractivity contribution >= 4 is 22.6 Å². The molecule has 0 aliphatic heterocycles. The molecule has 34 heavy (non-hydrogen) atoms. The summed E-state index contributed by atoms with van der Waals surface area (Å²) >= 11 is 0. The van der Waals surface area contributed by atoms with Crippen molar-refractivity contribution in [2.45, 2.75) is 27.7 Å². The van der Waals surface area contributed by atoms with Crippen molar-refractivity contribution in [3.05, 3.63) is 87.6 Å². The summed E-state index contributed by atoms with van der Waals surface area (Å²) in [5.74, 6) is 0.457. The molecular formula is C28H27NO5. The minimum absolute atomic E-state index is 0.0107. The molecule has 0 atom stereocenters. The number of hydrogen-bond donors (Lipinski definition) is 1. The van der Waals surface area contributed by atoms with Gasteiger partial charge in [0, 0.05) is 5.56 Å². The number of amides is 1. The van der Waals surface area contributed by atoms with Crippen LogP contribution in [0.15, 0.2) is 69.9 Å². The van der Waals surface area contributed by atoms with Gasteiger partial charge in [0.05, 0.1) is 17.7 Å². The molecular weight excluding hydrogens is 430 g/mol. The summed E-state index contributed by atoms with van der Waals surface area (Å²) < 4.78 is 17.6. The summed E-state index contributed by atoms with van der Waals surface area (Å²) in [6, 6.07) is 18.5. The number of aryl methyl sites for hydroxylation is 3. The molecule has 1 N–H and O–H groups in total. The minimum Gasteiger partial charge on any atom is -0.492 e. The van der Waals surface area contributed by atoms with Gasteiger partial charge in [-0.05, 0) is 57.0 Å². The SMILES string of the molecule is CCOc1ccccc1NC(=O)COc1c(-c2ccc(C)cc2)oc2cc(C)cc(C)c2c1=O. The Hall–Kier alpha value is -4.06. The lowest BCUT2D eigenvalue weighted by atomic mass is 10.0. The molecule has 0 aliphatic carbocycles. The first-order valence-electron chi connectivity index (χ1n) is 11.2. The topological polar surface area (TPSA) is 77.8 Å². The van der Waals surface area contributed by atoms with E-state index in [1.54, 1.807) is 18.2 Å². The average Bonchev–Trinajstić information content (AvgIpc) is 2.80. The van der Waals surface area contributed by atoms with Crippen molar-refractivity contribution in [3.63, 3.8) is 0 Å². The van der Waals surface area contributed by atoms with Gasteiger partial charge < -0.3 is 19.2 Å². The van der Waals surface area contributed by atoms with E-state index in [-0.39, 0.29) is 17.8 Å². The Morgan fingerprint density at radius 3 is 2.41 bits per heavy atom. The van der Waals surface area contributed by atoms with Crippen LogP contribution in [0.1, 0.15) is 23.6 Å². The van der Waals surface area contributed by atoms with Crippen molar-refractivity contribution in [2.75, 3.05) is 18.5 Å². The lowest BCUT2D eigenvalue weighted by Crippen LogP contribution is -2.23. The fourth-order valence-corrected chi connectivity index (χ4v) is 3.87. The van der Waals surface area contributed by atoms with Crippen molar-refractivity contribution in [1.82, 2.24) is 0 Å². The van der Waals surface area contributed by atoms with Gasteiger partial charge >= 0.3 is 0 Å². The number of carbonyl (C=O) groups is 1. The predicted octanol–water partition coefficient (Wildman–Crippen LogP) is 5.80. The summed E-state index contributed by atoms with van der Waals surface area (Å²) in [7, 11) is 0. The number of fused-ring (bicyclic) bond motifs is 1. The lowest BCUT2D eigenvalue weighted by molar-refractivity contribution is -0.118. The monoisotopic (exact) mass is 457 g/mol. The second kappa shape index (κ2) is 9.83. The molecule has 0 bridgehead atoms. The molecule has 3 aromatic carbocycles. The maximum atomic E-state index is 13.5. The van der Waals surface area contributed by atoms with Crippen LogP contribution >= 0.6 is 0 Å². The fourth-order valence-electron chi connectivity index (χ4n) is 3.87. The Balaban J connectivity index is 1.70. The minimum atomic E-state index is -0.415. The molecule has 4 aromatic rings. The first-order valence-corrected chi connectivity index (χ1v) is 11.2. The van der Waals surface area contributed by atoms with E-state index in [0.29, 0.717) is 40.3 Å². The van der Waals surface area contributed by atoms with Gasteiger partial charge in [-0.3, -0.25) is 9.59 Å². The second-order valence-electron chi connectivity index (χ2n) is 8.18. The number of rotatable bonds is 7. The highest BCUT2D eigenvalue weighted by Crippen LogP contribution is 2.32. The zero-order chi connectivity index (χ0) is 24.2. The van der Waals surface area contributed by atoms with Gasteiger partial charge in [0.2, 0.25) is 11.2 Å². The Kier molecular flexibility index (Phi) is 6.68. The first-order chi connectivity index (χ1) is 16.4. The van der Waals surface area contributed by atoms with Crippen molar-refractivity contribution in [3.8, 4) is 22.8 Å². The molecule has 6 heteroatoms. The standard InChI is InChI=1S/C28H27NO5/c1-5-32-22-9-7-6-8-21(22)29-24(30)16-33-28-26(31)25-19(4)14-18(3)15-23(25)34-27(28)20-12-10-17(2)11-13-20/h6-15H,5,16H2,1-4H3,(H,29,30). The first kappa shape index (κ1) is 23.1. The van der Waals surface area contributed by atoms with Crippen LogP contribution in [0.4, 0.5) is 5.69 Å². The highest BCUT2D eigenvalue weighted by molar-refractivity contribution is 5.93. The third-order valence-electron chi connectivity index (χ3n) is 5.42. The van der Waals surface area contributed by atoms with Gasteiger partial charge in [-0.15, -0.1) is 0 Å². The summed E-state index contributed by atoms with van der Waals surface area (Å²) in [4.78, 5) is 26.2. The van der Waals surface area contributed by atoms with Gasteiger partial charge in [0.25, 0.3) is 5.91 Å². The number of anilines is 1. The smallest absolute Gasteiger partial charge is 0.262 e. The molecule has 0 saturated heterocycles. The third-order valence-corrected chi connectivity index (χ3v) is 5.42. The van der Waals surface area contributed by atoms with Gasteiger partial charge in [-0.2, -0.15) is 0 Å². The summed E-state index contributed by atoms with van der Waals surface area (Å²) in [6.07, 6.45) is 0. The average molecular weight is 458 g/mol. The number of nitrogens with one attached hydrogen (secondary N) is 1. The highest BCUT2D eigenvalue weighted by atomic mass is 16.5. The van der Waals surface area contributed by atoms with Gasteiger partial charge in [-0.1, -0.05) is 48.0 Å². The molecule has 1 heterocycles. The molecule has 0 spiro atoms. The molecule has 6 nitrogen and oxygen atoms in total. The summed E-state index contributed by atoms with van der Waals surface area (Å²) in [6.45, 7) is 7.78. The number of carbonyl (C=O) groups excluding carboxylic acids is 1. The predicted molar refractivity (Wildman–Crippen MR) is 134 cm³/mol. The Morgan fingerprint density at radius 1 is 0.941 bits per heavy atom. The lowest BCUT2D eigenvalue weighted by Gasteiger charge is -2.14. The summed E-state index contributed by atoms with van der Waals surface area (Å²) in [5, 5.41) is 3.23. The van der Waals surface area contributed by atoms with E-state index in [4.69, 9.17) is 13.9 Å². The van der Waals surface area contributed by atoms with Crippen LogP contribution in [0.25, 0.3) is 22.3 Å². The number of benzene rings is 3. The molecule has 0 radical (unpaired) electrons. The fraction of sp³-hybridized carbons (Fsp3) is 0.214. The maximum Gasteiger partial charge on any atom is 0.262 e. The number of para-hydroxylation sites is 2. The van der Waals surface area contributed by atoms with E-state index in [1.807, 2.05) is 70.2 Å². The van der Waals surface area contributed by atoms with Crippen LogP contribution in [0.5, 0.6) is 11.5 Å². The third kappa shape index (κ3) is 4.81. The Morgan fingerprint density at radius 2 is 1.68 bits per heavy atom. The highest BCUT2D eigenvalue weighted by Gasteiger charge is 2.20. The molecule has 0 saturated carbocycles. The summed E-state index contributed by atoms with van der Waals surface area (Å²) in [5.41, 5.74) is 4.27.